The van der Waals surface area contributed by atoms with Crippen molar-refractivity contribution in [3.63, 3.8) is 0 Å². The van der Waals surface area contributed by atoms with Gasteiger partial charge in [-0.2, -0.15) is 0 Å². The molecule has 1 aromatic heterocycles. The molecule has 0 atom stereocenters. The molecule has 0 fully saturated rings. The van der Waals surface area contributed by atoms with E-state index in [2.05, 4.69) is 4.98 Å². The molecule has 20 heavy (non-hydrogen) atoms. The van der Waals surface area contributed by atoms with Gasteiger partial charge < -0.3 is 10.1 Å². The Balaban J connectivity index is 2.44. The van der Waals surface area contributed by atoms with Gasteiger partial charge in [-0.3, -0.25) is 4.79 Å². The standard InChI is InChI=1S/C14H9ClN2O3/c15-8-3-1-4-9(7-8)17-13(19)10-5-2-6-11(18)12(10)16-14(17)20/h1-7,18H,(H,16,20). The quantitative estimate of drug-likeness (QED) is 0.719. The maximum atomic E-state index is 12.4. The molecule has 2 N–H and O–H groups in total. The summed E-state index contributed by atoms with van der Waals surface area (Å²) in [6.45, 7) is 0. The van der Waals surface area contributed by atoms with Crippen molar-refractivity contribution in [2.24, 2.45) is 0 Å². The van der Waals surface area contributed by atoms with Crippen molar-refractivity contribution in [2.75, 3.05) is 0 Å². The van der Waals surface area contributed by atoms with Crippen molar-refractivity contribution >= 4 is 22.5 Å². The van der Waals surface area contributed by atoms with E-state index >= 15 is 0 Å². The van der Waals surface area contributed by atoms with Crippen LogP contribution in [0.1, 0.15) is 0 Å². The lowest BCUT2D eigenvalue weighted by atomic mass is 10.2. The molecule has 6 heteroatoms. The molecule has 0 radical (unpaired) electrons. The third-order valence-electron chi connectivity index (χ3n) is 2.98. The number of hydrogen-bond acceptors (Lipinski definition) is 3. The fraction of sp³-hybridized carbons (Fsp3) is 0. The van der Waals surface area contributed by atoms with Crippen LogP contribution in [0.5, 0.6) is 5.75 Å². The van der Waals surface area contributed by atoms with Gasteiger partial charge in [0.1, 0.15) is 5.75 Å². The first-order valence-corrected chi connectivity index (χ1v) is 6.19. The lowest BCUT2D eigenvalue weighted by Crippen LogP contribution is -2.33. The van der Waals surface area contributed by atoms with E-state index in [1.807, 2.05) is 0 Å². The highest BCUT2D eigenvalue weighted by Crippen LogP contribution is 2.19. The summed E-state index contributed by atoms with van der Waals surface area (Å²) in [5.41, 5.74) is -0.650. The average molecular weight is 289 g/mol. The van der Waals surface area contributed by atoms with Crippen molar-refractivity contribution in [3.05, 3.63) is 68.3 Å². The lowest BCUT2D eigenvalue weighted by Gasteiger charge is -2.07. The van der Waals surface area contributed by atoms with E-state index in [1.54, 1.807) is 24.3 Å². The van der Waals surface area contributed by atoms with Crippen molar-refractivity contribution in [3.8, 4) is 11.4 Å². The molecule has 0 amide bonds. The minimum atomic E-state index is -0.633. The summed E-state index contributed by atoms with van der Waals surface area (Å²) in [5, 5.41) is 10.3. The molecule has 0 aliphatic rings. The van der Waals surface area contributed by atoms with Crippen LogP contribution in [0.3, 0.4) is 0 Å². The molecule has 0 saturated heterocycles. The van der Waals surface area contributed by atoms with E-state index in [-0.39, 0.29) is 16.7 Å². The second kappa shape index (κ2) is 4.54. The number of fused-ring (bicyclic) bond motifs is 1. The fourth-order valence-electron chi connectivity index (χ4n) is 2.07. The van der Waals surface area contributed by atoms with E-state index in [1.165, 1.54) is 18.2 Å². The van der Waals surface area contributed by atoms with Crippen molar-refractivity contribution in [2.45, 2.75) is 0 Å². The van der Waals surface area contributed by atoms with E-state index in [4.69, 9.17) is 11.6 Å². The van der Waals surface area contributed by atoms with Gasteiger partial charge in [0, 0.05) is 5.02 Å². The van der Waals surface area contributed by atoms with Gasteiger partial charge in [0.05, 0.1) is 16.6 Å². The van der Waals surface area contributed by atoms with Crippen molar-refractivity contribution in [1.82, 2.24) is 9.55 Å². The smallest absolute Gasteiger partial charge is 0.333 e. The number of aromatic hydroxyl groups is 1. The zero-order valence-corrected chi connectivity index (χ0v) is 10.9. The monoisotopic (exact) mass is 288 g/mol. The van der Waals surface area contributed by atoms with Crippen LogP contribution in [0, 0.1) is 0 Å². The van der Waals surface area contributed by atoms with Gasteiger partial charge in [-0.25, -0.2) is 9.36 Å². The minimum Gasteiger partial charge on any atom is -0.506 e. The molecule has 0 bridgehead atoms. The number of H-pyrrole nitrogens is 1. The highest BCUT2D eigenvalue weighted by Gasteiger charge is 2.11. The van der Waals surface area contributed by atoms with Crippen LogP contribution in [0.15, 0.2) is 52.1 Å². The number of para-hydroxylation sites is 1. The molecule has 3 aromatic rings. The van der Waals surface area contributed by atoms with E-state index in [0.29, 0.717) is 10.7 Å². The molecule has 0 aliphatic carbocycles. The third kappa shape index (κ3) is 1.88. The van der Waals surface area contributed by atoms with Gasteiger partial charge in [-0.1, -0.05) is 23.7 Å². The van der Waals surface area contributed by atoms with E-state index < -0.39 is 11.2 Å². The van der Waals surface area contributed by atoms with Gasteiger partial charge >= 0.3 is 5.69 Å². The fourth-order valence-corrected chi connectivity index (χ4v) is 2.26. The zero-order valence-electron chi connectivity index (χ0n) is 10.1. The van der Waals surface area contributed by atoms with Gasteiger partial charge in [0.2, 0.25) is 0 Å². The molecular formula is C14H9ClN2O3. The lowest BCUT2D eigenvalue weighted by molar-refractivity contribution is 0.480. The topological polar surface area (TPSA) is 75.1 Å². The molecule has 0 unspecified atom stereocenters. The predicted octanol–water partition coefficient (Wildman–Crippen LogP) is 2.04. The third-order valence-corrected chi connectivity index (χ3v) is 3.21. The largest absolute Gasteiger partial charge is 0.506 e. The van der Waals surface area contributed by atoms with Crippen molar-refractivity contribution in [1.29, 1.82) is 0 Å². The first kappa shape index (κ1) is 12.5. The number of aromatic nitrogens is 2. The Labute approximate surface area is 117 Å². The van der Waals surface area contributed by atoms with Gasteiger partial charge in [-0.05, 0) is 30.3 Å². The molecule has 3 rings (SSSR count). The Morgan fingerprint density at radius 1 is 1.10 bits per heavy atom. The van der Waals surface area contributed by atoms with Crippen LogP contribution in [-0.4, -0.2) is 14.7 Å². The predicted molar refractivity (Wildman–Crippen MR) is 76.8 cm³/mol. The molecule has 5 nitrogen and oxygen atoms in total. The van der Waals surface area contributed by atoms with Crippen molar-refractivity contribution < 1.29 is 5.11 Å². The Kier molecular flexibility index (Phi) is 2.84. The molecule has 0 spiro atoms. The van der Waals surface area contributed by atoms with Crippen LogP contribution in [-0.2, 0) is 0 Å². The second-order valence-corrected chi connectivity index (χ2v) is 4.69. The number of rotatable bonds is 1. The highest BCUT2D eigenvalue weighted by molar-refractivity contribution is 6.30. The molecule has 2 aromatic carbocycles. The molecule has 0 saturated carbocycles. The number of aromatic amines is 1. The summed E-state index contributed by atoms with van der Waals surface area (Å²) in [6, 6.07) is 10.9. The summed E-state index contributed by atoms with van der Waals surface area (Å²) in [6.07, 6.45) is 0. The SMILES string of the molecule is O=c1[nH]c2c(O)cccc2c(=O)n1-c1cccc(Cl)c1. The Hall–Kier alpha value is -2.53. The molecule has 100 valence electrons. The van der Waals surface area contributed by atoms with Crippen LogP contribution in [0.4, 0.5) is 0 Å². The average Bonchev–Trinajstić information content (AvgIpc) is 2.40. The Bertz CT molecular complexity index is 928. The number of halogens is 1. The van der Waals surface area contributed by atoms with Crippen LogP contribution in [0.25, 0.3) is 16.6 Å². The van der Waals surface area contributed by atoms with E-state index in [9.17, 15) is 14.7 Å². The maximum absolute atomic E-state index is 12.4. The number of nitrogens with zero attached hydrogens (tertiary/aromatic N) is 1. The summed E-state index contributed by atoms with van der Waals surface area (Å²) >= 11 is 5.88. The number of phenolic OH excluding ortho intramolecular Hbond substituents is 1. The summed E-state index contributed by atoms with van der Waals surface area (Å²) < 4.78 is 0.980. The Morgan fingerprint density at radius 3 is 2.60 bits per heavy atom. The maximum Gasteiger partial charge on any atom is 0.333 e. The molecular weight excluding hydrogens is 280 g/mol. The second-order valence-electron chi connectivity index (χ2n) is 4.25. The Morgan fingerprint density at radius 2 is 1.85 bits per heavy atom. The number of benzene rings is 2. The molecule has 0 aliphatic heterocycles. The van der Waals surface area contributed by atoms with Crippen LogP contribution >= 0.6 is 11.6 Å². The number of phenols is 1. The highest BCUT2D eigenvalue weighted by atomic mass is 35.5. The molecule has 1 heterocycles. The summed E-state index contributed by atoms with van der Waals surface area (Å²) in [7, 11) is 0. The normalized spacial score (nSPS) is 10.8. The first-order valence-electron chi connectivity index (χ1n) is 5.81. The summed E-state index contributed by atoms with van der Waals surface area (Å²) in [5.74, 6) is -0.144. The first-order chi connectivity index (χ1) is 9.58. The zero-order chi connectivity index (χ0) is 14.3. The van der Waals surface area contributed by atoms with Crippen LogP contribution < -0.4 is 11.2 Å². The van der Waals surface area contributed by atoms with Crippen LogP contribution in [0.2, 0.25) is 5.02 Å². The van der Waals surface area contributed by atoms with Gasteiger partial charge in [0.25, 0.3) is 5.56 Å². The van der Waals surface area contributed by atoms with Gasteiger partial charge in [0.15, 0.2) is 0 Å². The minimum absolute atomic E-state index is 0.126. The number of hydrogen-bond donors (Lipinski definition) is 2. The summed E-state index contributed by atoms with van der Waals surface area (Å²) in [4.78, 5) is 27.0. The van der Waals surface area contributed by atoms with Gasteiger partial charge in [-0.15, -0.1) is 0 Å². The van der Waals surface area contributed by atoms with E-state index in [0.717, 1.165) is 4.57 Å². The number of nitrogens with one attached hydrogen (secondary N) is 1.